The fourth-order valence-electron chi connectivity index (χ4n) is 0.246. The van der Waals surface area contributed by atoms with Crippen LogP contribution in [0, 0.1) is 0 Å². The van der Waals surface area contributed by atoms with Gasteiger partial charge in [0, 0.05) is 4.48 Å². The van der Waals surface area contributed by atoms with Gasteiger partial charge in [-0.25, -0.2) is 0 Å². The lowest BCUT2D eigenvalue weighted by molar-refractivity contribution is 1.22. The zero-order valence-electron chi connectivity index (χ0n) is 4.45. The Labute approximate surface area is 53.1 Å². The van der Waals surface area contributed by atoms with Crippen LogP contribution in [0.3, 0.4) is 0 Å². The molecule has 0 aliphatic carbocycles. The molecule has 40 valence electrons. The van der Waals surface area contributed by atoms with Crippen LogP contribution in [0.25, 0.3) is 0 Å². The van der Waals surface area contributed by atoms with Crippen LogP contribution in [0.1, 0.15) is 13.3 Å². The second-order valence-corrected chi connectivity index (χ2v) is 2.28. The Bertz CT molecular complexity index is 82.2. The molecule has 0 aliphatic rings. The summed E-state index contributed by atoms with van der Waals surface area (Å²) in [6.07, 6.45) is 5.07. The van der Waals surface area contributed by atoms with Crippen molar-refractivity contribution in [3.63, 3.8) is 0 Å². The third-order valence-corrected chi connectivity index (χ3v) is 0.799. The molecular formula is C6H9Br. The summed E-state index contributed by atoms with van der Waals surface area (Å²) in [4.78, 5) is 0. The second-order valence-electron chi connectivity index (χ2n) is 1.26. The van der Waals surface area contributed by atoms with Gasteiger partial charge in [-0.05, 0) is 6.42 Å². The Morgan fingerprint density at radius 1 is 1.86 bits per heavy atom. The van der Waals surface area contributed by atoms with E-state index in [0.717, 1.165) is 10.9 Å². The average molecular weight is 161 g/mol. The van der Waals surface area contributed by atoms with Gasteiger partial charge in [0.1, 0.15) is 0 Å². The van der Waals surface area contributed by atoms with Crippen molar-refractivity contribution < 1.29 is 0 Å². The molecule has 0 radical (unpaired) electrons. The molecule has 0 aliphatic heterocycles. The van der Waals surface area contributed by atoms with E-state index in [2.05, 4.69) is 35.5 Å². The lowest BCUT2D eigenvalue weighted by Gasteiger charge is -1.77. The topological polar surface area (TPSA) is 0 Å². The summed E-state index contributed by atoms with van der Waals surface area (Å²) in [5.74, 6) is 0. The minimum absolute atomic E-state index is 0.939. The Balaban J connectivity index is 3.26. The van der Waals surface area contributed by atoms with Crippen molar-refractivity contribution in [2.45, 2.75) is 13.3 Å². The van der Waals surface area contributed by atoms with Crippen molar-refractivity contribution in [1.29, 1.82) is 0 Å². The molecule has 0 fully saturated rings. The second kappa shape index (κ2) is 4.13. The van der Waals surface area contributed by atoms with Gasteiger partial charge in [0.15, 0.2) is 0 Å². The summed E-state index contributed by atoms with van der Waals surface area (Å²) < 4.78 is 0.939. The minimum atomic E-state index is 0.939. The van der Waals surface area contributed by atoms with Gasteiger partial charge < -0.3 is 0 Å². The first kappa shape index (κ1) is 6.96. The smallest absolute Gasteiger partial charge is 0.00997 e. The molecule has 0 aromatic rings. The minimum Gasteiger partial charge on any atom is -0.0848 e. The zero-order chi connectivity index (χ0) is 5.70. The molecule has 0 rings (SSSR count). The Morgan fingerprint density at radius 2 is 2.43 bits per heavy atom. The van der Waals surface area contributed by atoms with Gasteiger partial charge in [0.2, 0.25) is 0 Å². The van der Waals surface area contributed by atoms with E-state index in [9.17, 15) is 0 Å². The van der Waals surface area contributed by atoms with Gasteiger partial charge in [0.25, 0.3) is 0 Å². The zero-order valence-corrected chi connectivity index (χ0v) is 6.03. The van der Waals surface area contributed by atoms with Crippen molar-refractivity contribution in [2.24, 2.45) is 0 Å². The molecular weight excluding hydrogens is 152 g/mol. The van der Waals surface area contributed by atoms with Crippen LogP contribution in [-0.4, -0.2) is 0 Å². The van der Waals surface area contributed by atoms with Gasteiger partial charge in [0.05, 0.1) is 0 Å². The lowest BCUT2D eigenvalue weighted by Crippen LogP contribution is -1.53. The van der Waals surface area contributed by atoms with Gasteiger partial charge in [-0.2, -0.15) is 0 Å². The molecule has 0 bridgehead atoms. The summed E-state index contributed by atoms with van der Waals surface area (Å²) in [6, 6.07) is 0. The summed E-state index contributed by atoms with van der Waals surface area (Å²) in [6.45, 7) is 5.71. The predicted octanol–water partition coefficient (Wildman–Crippen LogP) is 2.86. The molecule has 0 aromatic carbocycles. The van der Waals surface area contributed by atoms with Crippen molar-refractivity contribution in [1.82, 2.24) is 0 Å². The molecule has 7 heavy (non-hydrogen) atoms. The average Bonchev–Trinajstić information content (AvgIpc) is 1.61. The maximum Gasteiger partial charge on any atom is 0.00997 e. The largest absolute Gasteiger partial charge is 0.0848 e. The monoisotopic (exact) mass is 160 g/mol. The normalized spacial score (nSPS) is 10.0. The highest BCUT2D eigenvalue weighted by molar-refractivity contribution is 9.11. The first-order chi connectivity index (χ1) is 3.27. The van der Waals surface area contributed by atoms with Crippen LogP contribution in [0.5, 0.6) is 0 Å². The van der Waals surface area contributed by atoms with Crippen LogP contribution in [0.4, 0.5) is 0 Å². The van der Waals surface area contributed by atoms with Crippen LogP contribution >= 0.6 is 15.9 Å². The van der Waals surface area contributed by atoms with Gasteiger partial charge in [-0.15, -0.1) is 0 Å². The molecule has 0 amide bonds. The number of halogens is 1. The van der Waals surface area contributed by atoms with E-state index in [1.807, 2.05) is 6.08 Å². The van der Waals surface area contributed by atoms with Crippen molar-refractivity contribution in [2.75, 3.05) is 0 Å². The van der Waals surface area contributed by atoms with Crippen molar-refractivity contribution in [3.05, 3.63) is 23.2 Å². The van der Waals surface area contributed by atoms with Gasteiger partial charge in [-0.1, -0.05) is 41.6 Å². The molecule has 1 heteroatoms. The molecule has 0 saturated heterocycles. The summed E-state index contributed by atoms with van der Waals surface area (Å²) >= 11 is 3.19. The molecule has 0 aromatic heterocycles. The number of hydrogen-bond acceptors (Lipinski definition) is 0. The van der Waals surface area contributed by atoms with E-state index in [-0.39, 0.29) is 0 Å². The third kappa shape index (κ3) is 5.96. The van der Waals surface area contributed by atoms with Crippen LogP contribution in [0.15, 0.2) is 23.2 Å². The highest BCUT2D eigenvalue weighted by atomic mass is 79.9. The number of hydrogen-bond donors (Lipinski definition) is 0. The Morgan fingerprint density at radius 3 is 2.57 bits per heavy atom. The van der Waals surface area contributed by atoms with E-state index in [1.165, 1.54) is 0 Å². The number of allylic oxidation sites excluding steroid dienone is 3. The Hall–Kier alpha value is -0.0400. The molecule has 0 unspecified atom stereocenters. The maximum atomic E-state index is 3.62. The predicted molar refractivity (Wildman–Crippen MR) is 37.5 cm³/mol. The van der Waals surface area contributed by atoms with E-state index < -0.39 is 0 Å². The number of rotatable bonds is 2. The highest BCUT2D eigenvalue weighted by Crippen LogP contribution is 2.01. The molecule has 0 heterocycles. The molecule has 0 N–H and O–H groups in total. The summed E-state index contributed by atoms with van der Waals surface area (Å²) in [7, 11) is 0. The van der Waals surface area contributed by atoms with Gasteiger partial charge in [-0.3, -0.25) is 0 Å². The summed E-state index contributed by atoms with van der Waals surface area (Å²) in [5, 5.41) is 0. The van der Waals surface area contributed by atoms with Crippen LogP contribution in [0.2, 0.25) is 0 Å². The van der Waals surface area contributed by atoms with E-state index in [1.54, 1.807) is 0 Å². The lowest BCUT2D eigenvalue weighted by atomic mass is 10.4. The van der Waals surface area contributed by atoms with E-state index in [4.69, 9.17) is 0 Å². The SMILES string of the molecule is C=C(Br)/C=C/CC. The molecule has 0 spiro atoms. The van der Waals surface area contributed by atoms with Gasteiger partial charge >= 0.3 is 0 Å². The van der Waals surface area contributed by atoms with E-state index >= 15 is 0 Å². The standard InChI is InChI=1S/C6H9Br/c1-3-4-5-6(2)7/h4-5H,2-3H2,1H3/b5-4+. The summed E-state index contributed by atoms with van der Waals surface area (Å²) in [5.41, 5.74) is 0. The van der Waals surface area contributed by atoms with Crippen molar-refractivity contribution in [3.8, 4) is 0 Å². The molecule has 0 atom stereocenters. The quantitative estimate of drug-likeness (QED) is 0.546. The fourth-order valence-corrected chi connectivity index (χ4v) is 0.433. The third-order valence-electron chi connectivity index (χ3n) is 0.534. The first-order valence-corrected chi connectivity index (χ1v) is 3.07. The Kier molecular flexibility index (Phi) is 4.10. The molecule has 0 nitrogen and oxygen atoms in total. The van der Waals surface area contributed by atoms with Crippen molar-refractivity contribution >= 4 is 15.9 Å². The highest BCUT2D eigenvalue weighted by Gasteiger charge is 1.70. The maximum absolute atomic E-state index is 3.62. The van der Waals surface area contributed by atoms with E-state index in [0.29, 0.717) is 0 Å². The van der Waals surface area contributed by atoms with Crippen LogP contribution in [-0.2, 0) is 0 Å². The molecule has 0 saturated carbocycles. The fraction of sp³-hybridized carbons (Fsp3) is 0.333. The van der Waals surface area contributed by atoms with Crippen LogP contribution < -0.4 is 0 Å². The first-order valence-electron chi connectivity index (χ1n) is 2.28.